The predicted octanol–water partition coefficient (Wildman–Crippen LogP) is 2.78. The fraction of sp³-hybridized carbons (Fsp3) is 0.529. The van der Waals surface area contributed by atoms with Crippen molar-refractivity contribution < 1.29 is 9.59 Å². The Balaban J connectivity index is 1.82. The number of thioether (sulfide) groups is 1. The SMILES string of the molecule is Cc1cccc(C(=O)N2CCSCC2)c1NC(=O)[C@@H]1C[C@@H]1C. The largest absolute Gasteiger partial charge is 0.337 e. The summed E-state index contributed by atoms with van der Waals surface area (Å²) in [4.78, 5) is 26.9. The van der Waals surface area contributed by atoms with Crippen LogP contribution in [-0.2, 0) is 4.79 Å². The Morgan fingerprint density at radius 2 is 1.95 bits per heavy atom. The molecule has 1 saturated heterocycles. The number of para-hydroxylation sites is 1. The number of anilines is 1. The first-order valence-corrected chi connectivity index (χ1v) is 9.01. The molecule has 0 unspecified atom stereocenters. The van der Waals surface area contributed by atoms with E-state index in [1.54, 1.807) is 0 Å². The Kier molecular flexibility index (Phi) is 4.43. The zero-order chi connectivity index (χ0) is 15.7. The fourth-order valence-corrected chi connectivity index (χ4v) is 3.76. The lowest BCUT2D eigenvalue weighted by Gasteiger charge is -2.27. The van der Waals surface area contributed by atoms with Crippen LogP contribution in [0, 0.1) is 18.8 Å². The van der Waals surface area contributed by atoms with Crippen LogP contribution in [0.2, 0.25) is 0 Å². The van der Waals surface area contributed by atoms with E-state index >= 15 is 0 Å². The summed E-state index contributed by atoms with van der Waals surface area (Å²) in [7, 11) is 0. The van der Waals surface area contributed by atoms with Gasteiger partial charge in [-0.3, -0.25) is 9.59 Å². The molecular weight excluding hydrogens is 296 g/mol. The molecule has 22 heavy (non-hydrogen) atoms. The van der Waals surface area contributed by atoms with Gasteiger partial charge in [-0.05, 0) is 30.9 Å². The summed E-state index contributed by atoms with van der Waals surface area (Å²) in [5, 5.41) is 3.00. The molecule has 0 aromatic heterocycles. The molecule has 0 bridgehead atoms. The average molecular weight is 318 g/mol. The first-order valence-electron chi connectivity index (χ1n) is 7.85. The number of aryl methyl sites for hydroxylation is 1. The van der Waals surface area contributed by atoms with Gasteiger partial charge in [0.15, 0.2) is 0 Å². The number of benzene rings is 1. The molecule has 0 radical (unpaired) electrons. The molecule has 5 heteroatoms. The highest BCUT2D eigenvalue weighted by Crippen LogP contribution is 2.39. The summed E-state index contributed by atoms with van der Waals surface area (Å²) >= 11 is 1.88. The van der Waals surface area contributed by atoms with E-state index in [1.165, 1.54) is 0 Å². The van der Waals surface area contributed by atoms with E-state index in [9.17, 15) is 9.59 Å². The summed E-state index contributed by atoms with van der Waals surface area (Å²) in [6, 6.07) is 5.65. The highest BCUT2D eigenvalue weighted by Gasteiger charge is 2.39. The highest BCUT2D eigenvalue weighted by atomic mass is 32.2. The van der Waals surface area contributed by atoms with Gasteiger partial charge >= 0.3 is 0 Å². The van der Waals surface area contributed by atoms with Crippen LogP contribution in [-0.4, -0.2) is 41.3 Å². The Morgan fingerprint density at radius 3 is 2.59 bits per heavy atom. The first-order chi connectivity index (χ1) is 10.6. The molecule has 0 spiro atoms. The maximum atomic E-state index is 12.8. The lowest BCUT2D eigenvalue weighted by Crippen LogP contribution is -2.38. The monoisotopic (exact) mass is 318 g/mol. The number of nitrogens with zero attached hydrogens (tertiary/aromatic N) is 1. The van der Waals surface area contributed by atoms with Gasteiger partial charge in [0, 0.05) is 30.5 Å². The summed E-state index contributed by atoms with van der Waals surface area (Å²) < 4.78 is 0. The third-order valence-electron chi connectivity index (χ3n) is 4.50. The van der Waals surface area contributed by atoms with Crippen LogP contribution >= 0.6 is 11.8 Å². The van der Waals surface area contributed by atoms with Crippen molar-refractivity contribution in [1.82, 2.24) is 4.90 Å². The lowest BCUT2D eigenvalue weighted by molar-refractivity contribution is -0.117. The van der Waals surface area contributed by atoms with Gasteiger partial charge < -0.3 is 10.2 Å². The molecule has 2 amide bonds. The summed E-state index contributed by atoms with van der Waals surface area (Å²) in [6.45, 7) is 5.59. The standard InChI is InChI=1S/C17H22N2O2S/c1-11-4-3-5-13(17(21)19-6-8-22-9-7-19)15(11)18-16(20)14-10-12(14)2/h3-5,12,14H,6-10H2,1-2H3,(H,18,20)/t12-,14+/m0/s1. The zero-order valence-corrected chi connectivity index (χ0v) is 13.9. The quantitative estimate of drug-likeness (QED) is 0.932. The maximum Gasteiger partial charge on any atom is 0.256 e. The zero-order valence-electron chi connectivity index (χ0n) is 13.1. The second-order valence-electron chi connectivity index (χ2n) is 6.21. The third kappa shape index (κ3) is 3.14. The third-order valence-corrected chi connectivity index (χ3v) is 5.44. The van der Waals surface area contributed by atoms with Crippen LogP contribution in [0.5, 0.6) is 0 Å². The first kappa shape index (κ1) is 15.4. The van der Waals surface area contributed by atoms with Gasteiger partial charge in [-0.2, -0.15) is 11.8 Å². The molecule has 3 rings (SSSR count). The minimum Gasteiger partial charge on any atom is -0.337 e. The van der Waals surface area contributed by atoms with Crippen LogP contribution in [0.4, 0.5) is 5.69 Å². The summed E-state index contributed by atoms with van der Waals surface area (Å²) in [5.74, 6) is 2.61. The number of hydrogen-bond donors (Lipinski definition) is 1. The van der Waals surface area contributed by atoms with E-state index in [1.807, 2.05) is 41.8 Å². The molecule has 2 fully saturated rings. The van der Waals surface area contributed by atoms with Gasteiger partial charge in [0.25, 0.3) is 5.91 Å². The molecule has 1 aliphatic carbocycles. The van der Waals surface area contributed by atoms with Crippen molar-refractivity contribution in [2.45, 2.75) is 20.3 Å². The molecule has 1 heterocycles. The van der Waals surface area contributed by atoms with Crippen molar-refractivity contribution in [2.24, 2.45) is 11.8 Å². The fourth-order valence-electron chi connectivity index (χ4n) is 2.85. The van der Waals surface area contributed by atoms with Crippen LogP contribution in [0.3, 0.4) is 0 Å². The van der Waals surface area contributed by atoms with Gasteiger partial charge in [0.2, 0.25) is 5.91 Å². The Bertz CT molecular complexity index is 596. The van der Waals surface area contributed by atoms with Crippen LogP contribution < -0.4 is 5.32 Å². The van der Waals surface area contributed by atoms with Crippen molar-refractivity contribution in [2.75, 3.05) is 29.9 Å². The Hall–Kier alpha value is -1.49. The van der Waals surface area contributed by atoms with Crippen molar-refractivity contribution in [3.8, 4) is 0 Å². The van der Waals surface area contributed by atoms with Gasteiger partial charge in [-0.1, -0.05) is 19.1 Å². The van der Waals surface area contributed by atoms with E-state index in [0.717, 1.165) is 36.6 Å². The molecule has 1 aromatic carbocycles. The van der Waals surface area contributed by atoms with Gasteiger partial charge in [-0.15, -0.1) is 0 Å². The van der Waals surface area contributed by atoms with E-state index in [4.69, 9.17) is 0 Å². The number of carbonyl (C=O) groups excluding carboxylic acids is 2. The Morgan fingerprint density at radius 1 is 1.27 bits per heavy atom. The highest BCUT2D eigenvalue weighted by molar-refractivity contribution is 7.99. The lowest BCUT2D eigenvalue weighted by atomic mass is 10.1. The molecule has 2 atom stereocenters. The molecule has 4 nitrogen and oxygen atoms in total. The number of rotatable bonds is 3. The molecule has 1 saturated carbocycles. The van der Waals surface area contributed by atoms with E-state index in [-0.39, 0.29) is 17.7 Å². The van der Waals surface area contributed by atoms with Gasteiger partial charge in [-0.25, -0.2) is 0 Å². The number of amides is 2. The number of hydrogen-bond acceptors (Lipinski definition) is 3. The van der Waals surface area contributed by atoms with Gasteiger partial charge in [0.05, 0.1) is 11.3 Å². The molecule has 1 aliphatic heterocycles. The Labute approximate surface area is 135 Å². The van der Waals surface area contributed by atoms with E-state index in [2.05, 4.69) is 12.2 Å². The van der Waals surface area contributed by atoms with E-state index in [0.29, 0.717) is 17.2 Å². The van der Waals surface area contributed by atoms with Crippen molar-refractivity contribution in [3.63, 3.8) is 0 Å². The normalized spacial score (nSPS) is 24.0. The second kappa shape index (κ2) is 6.32. The molecule has 2 aliphatic rings. The molecular formula is C17H22N2O2S. The van der Waals surface area contributed by atoms with Crippen LogP contribution in [0.1, 0.15) is 29.3 Å². The van der Waals surface area contributed by atoms with E-state index < -0.39 is 0 Å². The second-order valence-corrected chi connectivity index (χ2v) is 7.44. The van der Waals surface area contributed by atoms with Gasteiger partial charge in [0.1, 0.15) is 0 Å². The smallest absolute Gasteiger partial charge is 0.256 e. The average Bonchev–Trinajstić information content (AvgIpc) is 3.26. The molecule has 1 aromatic rings. The van der Waals surface area contributed by atoms with Crippen molar-refractivity contribution in [3.05, 3.63) is 29.3 Å². The van der Waals surface area contributed by atoms with Crippen molar-refractivity contribution in [1.29, 1.82) is 0 Å². The minimum absolute atomic E-state index is 0.0307. The predicted molar refractivity (Wildman–Crippen MR) is 90.3 cm³/mol. The molecule has 1 N–H and O–H groups in total. The maximum absolute atomic E-state index is 12.8. The van der Waals surface area contributed by atoms with Crippen LogP contribution in [0.15, 0.2) is 18.2 Å². The summed E-state index contributed by atoms with van der Waals surface area (Å²) in [6.07, 6.45) is 0.949. The van der Waals surface area contributed by atoms with Crippen LogP contribution in [0.25, 0.3) is 0 Å². The number of nitrogens with one attached hydrogen (secondary N) is 1. The topological polar surface area (TPSA) is 49.4 Å². The summed E-state index contributed by atoms with van der Waals surface area (Å²) in [5.41, 5.74) is 2.25. The number of carbonyl (C=O) groups is 2. The minimum atomic E-state index is 0.0307. The molecule has 118 valence electrons. The van der Waals surface area contributed by atoms with Crippen molar-refractivity contribution >= 4 is 29.3 Å².